The van der Waals surface area contributed by atoms with Gasteiger partial charge in [0.2, 0.25) is 0 Å². The molecular weight excluding hydrogens is 423 g/mol. The smallest absolute Gasteiger partial charge is 0.191 e. The summed E-state index contributed by atoms with van der Waals surface area (Å²) in [5, 5.41) is 10.8. The highest BCUT2D eigenvalue weighted by Crippen LogP contribution is 2.07. The van der Waals surface area contributed by atoms with Crippen LogP contribution in [0.3, 0.4) is 0 Å². The van der Waals surface area contributed by atoms with Gasteiger partial charge >= 0.3 is 0 Å². The Balaban J connectivity index is 0.00000264. The molecule has 0 aliphatic heterocycles. The van der Waals surface area contributed by atoms with E-state index in [2.05, 4.69) is 38.9 Å². The van der Waals surface area contributed by atoms with Crippen molar-refractivity contribution in [3.05, 3.63) is 42.4 Å². The van der Waals surface area contributed by atoms with Crippen LogP contribution in [0.1, 0.15) is 12.5 Å². The molecule has 0 saturated heterocycles. The van der Waals surface area contributed by atoms with E-state index in [4.69, 9.17) is 0 Å². The first-order chi connectivity index (χ1) is 10.8. The van der Waals surface area contributed by atoms with Crippen molar-refractivity contribution in [2.45, 2.75) is 13.5 Å². The number of guanidine groups is 1. The maximum Gasteiger partial charge on any atom is 0.191 e. The number of thioether (sulfide) groups is 1. The average Bonchev–Trinajstić information content (AvgIpc) is 3.07. The third-order valence-corrected chi connectivity index (χ3v) is 3.52. The minimum atomic E-state index is 0. The Morgan fingerprint density at radius 2 is 2.22 bits per heavy atom. The monoisotopic (exact) mass is 446 g/mol. The standard InChI is InChI=1S/C15H22N6S.HI/c1-3-16-15(18-8-10-22-2)19-12-13-5-7-17-14(11-13)21-9-4-6-20-21;/h4-7,9,11H,3,8,10,12H2,1-2H3,(H2,16,18,19);1H. The first-order valence-electron chi connectivity index (χ1n) is 7.29. The molecule has 23 heavy (non-hydrogen) atoms. The van der Waals surface area contributed by atoms with Crippen molar-refractivity contribution in [2.75, 3.05) is 25.1 Å². The van der Waals surface area contributed by atoms with E-state index >= 15 is 0 Å². The van der Waals surface area contributed by atoms with Gasteiger partial charge in [0.05, 0.1) is 6.54 Å². The van der Waals surface area contributed by atoms with Gasteiger partial charge in [0.15, 0.2) is 11.8 Å². The highest BCUT2D eigenvalue weighted by molar-refractivity contribution is 14.0. The molecule has 2 aromatic heterocycles. The van der Waals surface area contributed by atoms with Crippen LogP contribution in [0.2, 0.25) is 0 Å². The van der Waals surface area contributed by atoms with E-state index in [-0.39, 0.29) is 24.0 Å². The van der Waals surface area contributed by atoms with E-state index in [0.29, 0.717) is 6.54 Å². The zero-order valence-electron chi connectivity index (χ0n) is 13.4. The molecule has 0 saturated carbocycles. The summed E-state index contributed by atoms with van der Waals surface area (Å²) >= 11 is 1.81. The van der Waals surface area contributed by atoms with Crippen LogP contribution in [-0.2, 0) is 6.54 Å². The van der Waals surface area contributed by atoms with Gasteiger partial charge in [-0.25, -0.2) is 14.7 Å². The SMILES string of the molecule is CCNC(=NCc1ccnc(-n2cccn2)c1)NCCSC.I. The van der Waals surface area contributed by atoms with Crippen LogP contribution in [-0.4, -0.2) is 45.8 Å². The summed E-state index contributed by atoms with van der Waals surface area (Å²) in [6.07, 6.45) is 7.50. The molecule has 2 aromatic rings. The van der Waals surface area contributed by atoms with Crippen LogP contribution in [0.15, 0.2) is 41.8 Å². The fourth-order valence-corrected chi connectivity index (χ4v) is 2.18. The molecule has 0 aromatic carbocycles. The predicted molar refractivity (Wildman–Crippen MR) is 108 cm³/mol. The molecule has 2 heterocycles. The number of halogens is 1. The number of aromatic nitrogens is 3. The fraction of sp³-hybridized carbons (Fsp3) is 0.400. The number of pyridine rings is 1. The van der Waals surface area contributed by atoms with E-state index in [9.17, 15) is 0 Å². The van der Waals surface area contributed by atoms with Gasteiger partial charge in [-0.05, 0) is 36.9 Å². The quantitative estimate of drug-likeness (QED) is 0.296. The molecular formula is C15H23IN6S. The normalized spacial score (nSPS) is 11.0. The molecule has 6 nitrogen and oxygen atoms in total. The molecule has 0 spiro atoms. The van der Waals surface area contributed by atoms with Crippen molar-refractivity contribution in [1.29, 1.82) is 0 Å². The lowest BCUT2D eigenvalue weighted by Crippen LogP contribution is -2.38. The number of rotatable bonds is 7. The number of hydrogen-bond acceptors (Lipinski definition) is 4. The molecule has 0 bridgehead atoms. The van der Waals surface area contributed by atoms with Gasteiger partial charge in [-0.15, -0.1) is 24.0 Å². The summed E-state index contributed by atoms with van der Waals surface area (Å²) < 4.78 is 1.75. The number of nitrogens with zero attached hydrogens (tertiary/aromatic N) is 4. The van der Waals surface area contributed by atoms with E-state index in [1.807, 2.05) is 36.2 Å². The molecule has 0 amide bonds. The predicted octanol–water partition coefficient (Wildman–Crippen LogP) is 2.30. The maximum atomic E-state index is 4.61. The number of hydrogen-bond donors (Lipinski definition) is 2. The largest absolute Gasteiger partial charge is 0.357 e. The van der Waals surface area contributed by atoms with Crippen LogP contribution >= 0.6 is 35.7 Å². The Morgan fingerprint density at radius 1 is 1.35 bits per heavy atom. The summed E-state index contributed by atoms with van der Waals surface area (Å²) in [7, 11) is 0. The first kappa shape index (κ1) is 19.8. The summed E-state index contributed by atoms with van der Waals surface area (Å²) in [4.78, 5) is 8.93. The van der Waals surface area contributed by atoms with Crippen LogP contribution in [0.4, 0.5) is 0 Å². The van der Waals surface area contributed by atoms with Crippen LogP contribution < -0.4 is 10.6 Å². The molecule has 0 aliphatic rings. The molecule has 0 fully saturated rings. The van der Waals surface area contributed by atoms with Crippen molar-refractivity contribution in [3.63, 3.8) is 0 Å². The number of nitrogens with one attached hydrogen (secondary N) is 2. The van der Waals surface area contributed by atoms with E-state index < -0.39 is 0 Å². The van der Waals surface area contributed by atoms with Gasteiger partial charge in [0.1, 0.15) is 0 Å². The lowest BCUT2D eigenvalue weighted by Gasteiger charge is -2.10. The van der Waals surface area contributed by atoms with Gasteiger partial charge in [-0.3, -0.25) is 0 Å². The van der Waals surface area contributed by atoms with Crippen molar-refractivity contribution in [1.82, 2.24) is 25.4 Å². The fourth-order valence-electron chi connectivity index (χ4n) is 1.87. The zero-order valence-corrected chi connectivity index (χ0v) is 16.5. The Labute approximate surface area is 158 Å². The zero-order chi connectivity index (χ0) is 15.6. The summed E-state index contributed by atoms with van der Waals surface area (Å²) in [5.41, 5.74) is 1.10. The average molecular weight is 446 g/mol. The second-order valence-corrected chi connectivity index (χ2v) is 5.57. The topological polar surface area (TPSA) is 67.1 Å². The van der Waals surface area contributed by atoms with Gasteiger partial charge in [0.25, 0.3) is 0 Å². The highest BCUT2D eigenvalue weighted by Gasteiger charge is 2.01. The molecule has 0 atom stereocenters. The van der Waals surface area contributed by atoms with Crippen LogP contribution in [0, 0.1) is 0 Å². The molecule has 126 valence electrons. The Hall–Kier alpha value is -1.29. The van der Waals surface area contributed by atoms with Crippen LogP contribution in [0.25, 0.3) is 5.82 Å². The lowest BCUT2D eigenvalue weighted by atomic mass is 10.2. The van der Waals surface area contributed by atoms with Crippen LogP contribution in [0.5, 0.6) is 0 Å². The first-order valence-corrected chi connectivity index (χ1v) is 8.69. The molecule has 0 aliphatic carbocycles. The molecule has 2 rings (SSSR count). The van der Waals surface area contributed by atoms with Crippen molar-refractivity contribution in [3.8, 4) is 5.82 Å². The van der Waals surface area contributed by atoms with E-state index in [0.717, 1.165) is 36.2 Å². The Kier molecular flexibility index (Phi) is 9.69. The third kappa shape index (κ3) is 6.78. The van der Waals surface area contributed by atoms with Crippen molar-refractivity contribution < 1.29 is 0 Å². The maximum absolute atomic E-state index is 4.61. The molecule has 8 heteroatoms. The third-order valence-electron chi connectivity index (χ3n) is 2.91. The second kappa shape index (κ2) is 11.3. The van der Waals surface area contributed by atoms with Crippen molar-refractivity contribution >= 4 is 41.7 Å². The molecule has 0 unspecified atom stereocenters. The summed E-state index contributed by atoms with van der Waals surface area (Å²) in [6, 6.07) is 5.86. The second-order valence-electron chi connectivity index (χ2n) is 4.59. The molecule has 0 radical (unpaired) electrons. The van der Waals surface area contributed by atoms with Gasteiger partial charge in [-0.2, -0.15) is 16.9 Å². The highest BCUT2D eigenvalue weighted by atomic mass is 127. The van der Waals surface area contributed by atoms with E-state index in [1.54, 1.807) is 17.1 Å². The van der Waals surface area contributed by atoms with Gasteiger partial charge in [0, 0.05) is 37.4 Å². The van der Waals surface area contributed by atoms with Gasteiger partial charge in [-0.1, -0.05) is 0 Å². The van der Waals surface area contributed by atoms with Crippen molar-refractivity contribution in [2.24, 2.45) is 4.99 Å². The number of aliphatic imine (C=N–C) groups is 1. The Morgan fingerprint density at radius 3 is 2.91 bits per heavy atom. The summed E-state index contributed by atoms with van der Waals surface area (Å²) in [5.74, 6) is 2.70. The lowest BCUT2D eigenvalue weighted by molar-refractivity contribution is 0.831. The molecule has 2 N–H and O–H groups in total. The minimum absolute atomic E-state index is 0. The Bertz CT molecular complexity index is 587. The van der Waals surface area contributed by atoms with E-state index in [1.165, 1.54) is 0 Å². The summed E-state index contributed by atoms with van der Waals surface area (Å²) in [6.45, 7) is 4.42. The minimum Gasteiger partial charge on any atom is -0.357 e. The van der Waals surface area contributed by atoms with Gasteiger partial charge < -0.3 is 10.6 Å².